The van der Waals surface area contributed by atoms with Gasteiger partial charge in [-0.3, -0.25) is 4.79 Å². The Morgan fingerprint density at radius 2 is 1.86 bits per heavy atom. The Kier molecular flexibility index (Phi) is 5.21. The average Bonchev–Trinajstić information content (AvgIpc) is 2.47. The highest BCUT2D eigenvalue weighted by atomic mass is 35.5. The Bertz CT molecular complexity index is 597. The van der Waals surface area contributed by atoms with Crippen LogP contribution in [-0.2, 0) is 19.6 Å². The summed E-state index contributed by atoms with van der Waals surface area (Å²) in [4.78, 5) is 13.9. The van der Waals surface area contributed by atoms with E-state index in [9.17, 15) is 13.2 Å². The topological polar surface area (TPSA) is 75.7 Å². The van der Waals surface area contributed by atoms with E-state index >= 15 is 0 Å². The highest BCUT2D eigenvalue weighted by Crippen LogP contribution is 2.14. The van der Waals surface area contributed by atoms with Crippen molar-refractivity contribution in [1.29, 1.82) is 0 Å². The maximum atomic E-state index is 12.2. The number of carbonyl (C=O) groups is 1. The first-order valence-electron chi connectivity index (χ1n) is 6.54. The lowest BCUT2D eigenvalue weighted by Crippen LogP contribution is -2.50. The predicted octanol–water partition coefficient (Wildman–Crippen LogP) is 0.866. The van der Waals surface area contributed by atoms with Gasteiger partial charge in [-0.05, 0) is 31.2 Å². The molecule has 1 fully saturated rings. The zero-order chi connectivity index (χ0) is 15.5. The van der Waals surface area contributed by atoms with Crippen LogP contribution < -0.4 is 4.72 Å². The molecule has 1 amide bonds. The molecule has 0 aliphatic carbocycles. The van der Waals surface area contributed by atoms with E-state index in [4.69, 9.17) is 16.3 Å². The lowest BCUT2D eigenvalue weighted by atomic mass is 10.3. The van der Waals surface area contributed by atoms with Crippen LogP contribution in [0.5, 0.6) is 0 Å². The fourth-order valence-electron chi connectivity index (χ4n) is 2.02. The number of amides is 1. The van der Waals surface area contributed by atoms with Gasteiger partial charge in [0.05, 0.1) is 24.2 Å². The molecule has 0 bridgehead atoms. The molecule has 1 aromatic rings. The monoisotopic (exact) mass is 332 g/mol. The standard InChI is InChI=1S/C13H17ClN2O4S/c1-10(13(17)16-6-8-20-9-7-16)15-21(18,19)12-4-2-11(14)3-5-12/h2-5,10,15H,6-9H2,1H3/t10-/m0/s1. The number of ether oxygens (including phenoxy) is 1. The first-order chi connectivity index (χ1) is 9.90. The van der Waals surface area contributed by atoms with Gasteiger partial charge in [-0.15, -0.1) is 0 Å². The van der Waals surface area contributed by atoms with Crippen LogP contribution in [0.3, 0.4) is 0 Å². The second-order valence-corrected chi connectivity index (χ2v) is 6.88. The minimum Gasteiger partial charge on any atom is -0.378 e. The predicted molar refractivity (Wildman–Crippen MR) is 78.6 cm³/mol. The third-order valence-corrected chi connectivity index (χ3v) is 4.96. The normalized spacial score (nSPS) is 17.5. The third-order valence-electron chi connectivity index (χ3n) is 3.15. The first kappa shape index (κ1) is 16.2. The van der Waals surface area contributed by atoms with Crippen molar-refractivity contribution in [2.75, 3.05) is 26.3 Å². The molecule has 1 atom stereocenters. The van der Waals surface area contributed by atoms with Gasteiger partial charge in [0.2, 0.25) is 15.9 Å². The molecule has 21 heavy (non-hydrogen) atoms. The number of hydrogen-bond acceptors (Lipinski definition) is 4. The van der Waals surface area contributed by atoms with Crippen LogP contribution >= 0.6 is 11.6 Å². The molecule has 6 nitrogen and oxygen atoms in total. The van der Waals surface area contributed by atoms with E-state index in [0.717, 1.165) is 0 Å². The van der Waals surface area contributed by atoms with Crippen molar-refractivity contribution >= 4 is 27.5 Å². The van der Waals surface area contributed by atoms with Crippen molar-refractivity contribution in [3.05, 3.63) is 29.3 Å². The molecule has 0 aromatic heterocycles. The summed E-state index contributed by atoms with van der Waals surface area (Å²) < 4.78 is 31.9. The van der Waals surface area contributed by atoms with Crippen LogP contribution in [0.4, 0.5) is 0 Å². The quantitative estimate of drug-likeness (QED) is 0.887. The average molecular weight is 333 g/mol. The highest BCUT2D eigenvalue weighted by molar-refractivity contribution is 7.89. The van der Waals surface area contributed by atoms with Crippen molar-refractivity contribution in [2.24, 2.45) is 0 Å². The number of hydrogen-bond donors (Lipinski definition) is 1. The van der Waals surface area contributed by atoms with E-state index in [2.05, 4.69) is 4.72 Å². The molecule has 0 radical (unpaired) electrons. The fraction of sp³-hybridized carbons (Fsp3) is 0.462. The summed E-state index contributed by atoms with van der Waals surface area (Å²) >= 11 is 5.73. The number of morpholine rings is 1. The second-order valence-electron chi connectivity index (χ2n) is 4.73. The molecule has 8 heteroatoms. The molecule has 1 aliphatic rings. The fourth-order valence-corrected chi connectivity index (χ4v) is 3.35. The minimum absolute atomic E-state index is 0.0773. The van der Waals surface area contributed by atoms with Crippen molar-refractivity contribution < 1.29 is 17.9 Å². The Balaban J connectivity index is 2.05. The molecular formula is C13H17ClN2O4S. The molecule has 0 saturated carbocycles. The number of rotatable bonds is 4. The third kappa shape index (κ3) is 4.16. The number of halogens is 1. The maximum Gasteiger partial charge on any atom is 0.241 e. The first-order valence-corrected chi connectivity index (χ1v) is 8.41. The Morgan fingerprint density at radius 1 is 1.29 bits per heavy atom. The SMILES string of the molecule is C[C@H](NS(=O)(=O)c1ccc(Cl)cc1)C(=O)N1CCOCC1. The largest absolute Gasteiger partial charge is 0.378 e. The molecule has 116 valence electrons. The van der Waals surface area contributed by atoms with E-state index in [1.54, 1.807) is 4.90 Å². The number of sulfonamides is 1. The summed E-state index contributed by atoms with van der Waals surface area (Å²) in [5, 5.41) is 0.450. The van der Waals surface area contributed by atoms with Gasteiger partial charge in [0.1, 0.15) is 0 Å². The van der Waals surface area contributed by atoms with Gasteiger partial charge in [-0.25, -0.2) is 8.42 Å². The number of nitrogens with one attached hydrogen (secondary N) is 1. The number of carbonyl (C=O) groups excluding carboxylic acids is 1. The van der Waals surface area contributed by atoms with Gasteiger partial charge in [0, 0.05) is 18.1 Å². The van der Waals surface area contributed by atoms with Gasteiger partial charge in [0.15, 0.2) is 0 Å². The molecule has 1 aliphatic heterocycles. The van der Waals surface area contributed by atoms with Crippen LogP contribution in [-0.4, -0.2) is 51.6 Å². The molecule has 0 unspecified atom stereocenters. The van der Waals surface area contributed by atoms with Gasteiger partial charge in [-0.1, -0.05) is 11.6 Å². The van der Waals surface area contributed by atoms with Crippen molar-refractivity contribution in [3.63, 3.8) is 0 Å². The summed E-state index contributed by atoms with van der Waals surface area (Å²) in [7, 11) is -3.75. The van der Waals surface area contributed by atoms with Gasteiger partial charge >= 0.3 is 0 Å². The molecular weight excluding hydrogens is 316 g/mol. The summed E-state index contributed by atoms with van der Waals surface area (Å²) in [5.41, 5.74) is 0. The Labute approximate surface area is 129 Å². The number of nitrogens with zero attached hydrogens (tertiary/aromatic N) is 1. The molecule has 1 N–H and O–H groups in total. The van der Waals surface area contributed by atoms with Crippen molar-refractivity contribution in [1.82, 2.24) is 9.62 Å². The van der Waals surface area contributed by atoms with E-state index in [0.29, 0.717) is 31.3 Å². The maximum absolute atomic E-state index is 12.2. The van der Waals surface area contributed by atoms with Gasteiger partial charge in [-0.2, -0.15) is 4.72 Å². The zero-order valence-corrected chi connectivity index (χ0v) is 13.2. The van der Waals surface area contributed by atoms with E-state index in [1.807, 2.05) is 0 Å². The summed E-state index contributed by atoms with van der Waals surface area (Å²) in [5.74, 6) is -0.254. The summed E-state index contributed by atoms with van der Waals surface area (Å²) in [6, 6.07) is 4.95. The molecule has 0 spiro atoms. The smallest absolute Gasteiger partial charge is 0.241 e. The van der Waals surface area contributed by atoms with E-state index in [1.165, 1.54) is 31.2 Å². The van der Waals surface area contributed by atoms with Crippen LogP contribution in [0.15, 0.2) is 29.2 Å². The van der Waals surface area contributed by atoms with Crippen LogP contribution in [0.2, 0.25) is 5.02 Å². The Morgan fingerprint density at radius 3 is 2.43 bits per heavy atom. The van der Waals surface area contributed by atoms with Crippen LogP contribution in [0.1, 0.15) is 6.92 Å². The highest BCUT2D eigenvalue weighted by Gasteiger charge is 2.26. The van der Waals surface area contributed by atoms with Gasteiger partial charge in [0.25, 0.3) is 0 Å². The van der Waals surface area contributed by atoms with E-state index in [-0.39, 0.29) is 10.8 Å². The summed E-state index contributed by atoms with van der Waals surface area (Å²) in [6.45, 7) is 3.44. The molecule has 1 aromatic carbocycles. The summed E-state index contributed by atoms with van der Waals surface area (Å²) in [6.07, 6.45) is 0. The van der Waals surface area contributed by atoms with Crippen molar-refractivity contribution in [2.45, 2.75) is 17.9 Å². The van der Waals surface area contributed by atoms with Crippen LogP contribution in [0, 0.1) is 0 Å². The van der Waals surface area contributed by atoms with Crippen molar-refractivity contribution in [3.8, 4) is 0 Å². The number of benzene rings is 1. The Hall–Kier alpha value is -1.15. The van der Waals surface area contributed by atoms with Crippen LogP contribution in [0.25, 0.3) is 0 Å². The zero-order valence-electron chi connectivity index (χ0n) is 11.6. The second kappa shape index (κ2) is 6.74. The van der Waals surface area contributed by atoms with Gasteiger partial charge < -0.3 is 9.64 Å². The molecule has 1 heterocycles. The molecule has 1 saturated heterocycles. The molecule has 2 rings (SSSR count). The minimum atomic E-state index is -3.75. The van der Waals surface area contributed by atoms with E-state index < -0.39 is 16.1 Å². The lowest BCUT2D eigenvalue weighted by molar-refractivity contribution is -0.136. The lowest BCUT2D eigenvalue weighted by Gasteiger charge is -2.29.